The summed E-state index contributed by atoms with van der Waals surface area (Å²) in [6.07, 6.45) is 5.20. The number of carbonyl (C=O) groups excluding carboxylic acids is 1. The number of aromatic nitrogens is 2. The number of thiazole rings is 1. The van der Waals surface area contributed by atoms with E-state index < -0.39 is 0 Å². The lowest BCUT2D eigenvalue weighted by molar-refractivity contribution is -0.118. The summed E-state index contributed by atoms with van der Waals surface area (Å²) in [4.78, 5) is 21.1. The van der Waals surface area contributed by atoms with Crippen molar-refractivity contribution in [3.63, 3.8) is 0 Å². The van der Waals surface area contributed by atoms with Crippen molar-refractivity contribution in [3.8, 4) is 17.0 Å². The van der Waals surface area contributed by atoms with Gasteiger partial charge in [-0.05, 0) is 31.2 Å². The molecule has 0 saturated carbocycles. The lowest BCUT2D eigenvalue weighted by Gasteiger charge is -2.18. The lowest BCUT2D eigenvalue weighted by Crippen LogP contribution is -2.25. The Balaban J connectivity index is 1.78. The second-order valence-electron chi connectivity index (χ2n) is 6.57. The summed E-state index contributed by atoms with van der Waals surface area (Å²) in [5.74, 6) is 0.487. The fourth-order valence-electron chi connectivity index (χ4n) is 2.74. The quantitative estimate of drug-likeness (QED) is 0.522. The van der Waals surface area contributed by atoms with E-state index in [0.717, 1.165) is 27.2 Å². The first-order chi connectivity index (χ1) is 14.1. The van der Waals surface area contributed by atoms with Crippen molar-refractivity contribution in [2.75, 3.05) is 18.5 Å². The van der Waals surface area contributed by atoms with Crippen molar-refractivity contribution >= 4 is 29.1 Å². The van der Waals surface area contributed by atoms with Crippen LogP contribution >= 0.6 is 11.3 Å². The fraction of sp³-hybridized carbons (Fsp3) is 0.143. The SMILES string of the molecule is C=C(C)CN=c1scc(-c2ccc3c(c2)NC(=O)CO3)n1N=Cc1cccnc1. The highest BCUT2D eigenvalue weighted by molar-refractivity contribution is 7.07. The second-order valence-corrected chi connectivity index (χ2v) is 7.40. The zero-order chi connectivity index (χ0) is 20.2. The number of benzene rings is 1. The van der Waals surface area contributed by atoms with E-state index >= 15 is 0 Å². The number of rotatable bonds is 5. The Kier molecular flexibility index (Phi) is 5.35. The van der Waals surface area contributed by atoms with Crippen molar-refractivity contribution in [2.45, 2.75) is 6.92 Å². The van der Waals surface area contributed by atoms with E-state index in [1.165, 1.54) is 11.3 Å². The maximum Gasteiger partial charge on any atom is 0.262 e. The number of nitrogens with one attached hydrogen (secondary N) is 1. The van der Waals surface area contributed by atoms with E-state index in [1.807, 2.05) is 42.6 Å². The molecule has 7 nitrogen and oxygen atoms in total. The molecule has 8 heteroatoms. The van der Waals surface area contributed by atoms with E-state index in [9.17, 15) is 4.79 Å². The Morgan fingerprint density at radius 1 is 1.45 bits per heavy atom. The van der Waals surface area contributed by atoms with Crippen LogP contribution in [0.1, 0.15) is 12.5 Å². The van der Waals surface area contributed by atoms with E-state index in [2.05, 4.69) is 27.0 Å². The third-order valence-corrected chi connectivity index (χ3v) is 4.94. The van der Waals surface area contributed by atoms with Crippen LogP contribution in [-0.2, 0) is 4.79 Å². The maximum absolute atomic E-state index is 11.7. The van der Waals surface area contributed by atoms with Crippen LogP contribution in [0.3, 0.4) is 0 Å². The largest absolute Gasteiger partial charge is 0.482 e. The smallest absolute Gasteiger partial charge is 0.262 e. The number of hydrogen-bond donors (Lipinski definition) is 1. The zero-order valence-corrected chi connectivity index (χ0v) is 16.6. The number of fused-ring (bicyclic) bond motifs is 1. The molecule has 0 unspecified atom stereocenters. The molecule has 0 aliphatic carbocycles. The number of pyridine rings is 1. The van der Waals surface area contributed by atoms with Gasteiger partial charge >= 0.3 is 0 Å². The summed E-state index contributed by atoms with van der Waals surface area (Å²) in [6.45, 7) is 6.41. The molecule has 0 fully saturated rings. The summed E-state index contributed by atoms with van der Waals surface area (Å²) in [6, 6.07) is 9.46. The van der Waals surface area contributed by atoms with Gasteiger partial charge in [0.25, 0.3) is 5.91 Å². The van der Waals surface area contributed by atoms with Crippen molar-refractivity contribution in [3.05, 3.63) is 70.6 Å². The number of amides is 1. The first-order valence-corrected chi connectivity index (χ1v) is 9.85. The Morgan fingerprint density at radius 3 is 3.14 bits per heavy atom. The molecule has 0 saturated heterocycles. The lowest BCUT2D eigenvalue weighted by atomic mass is 10.1. The molecular weight excluding hydrogens is 386 g/mol. The van der Waals surface area contributed by atoms with Gasteiger partial charge in [-0.15, -0.1) is 11.3 Å². The summed E-state index contributed by atoms with van der Waals surface area (Å²) >= 11 is 1.49. The van der Waals surface area contributed by atoms with Crippen LogP contribution in [0.15, 0.2) is 70.4 Å². The number of carbonyl (C=O) groups is 1. The molecule has 1 aliphatic heterocycles. The van der Waals surface area contributed by atoms with Gasteiger partial charge < -0.3 is 10.1 Å². The molecule has 1 aliphatic rings. The first kappa shape index (κ1) is 18.8. The van der Waals surface area contributed by atoms with Crippen LogP contribution in [0.25, 0.3) is 11.3 Å². The number of anilines is 1. The third kappa shape index (κ3) is 4.33. The van der Waals surface area contributed by atoms with Gasteiger partial charge in [0.2, 0.25) is 4.80 Å². The highest BCUT2D eigenvalue weighted by Crippen LogP contribution is 2.32. The minimum Gasteiger partial charge on any atom is -0.482 e. The molecule has 2 aromatic heterocycles. The van der Waals surface area contributed by atoms with Gasteiger partial charge in [-0.25, -0.2) is 4.68 Å². The molecule has 1 amide bonds. The molecule has 0 bridgehead atoms. The van der Waals surface area contributed by atoms with Crippen LogP contribution in [0, 0.1) is 0 Å². The molecule has 3 aromatic rings. The zero-order valence-electron chi connectivity index (χ0n) is 15.8. The normalized spacial score (nSPS) is 13.8. The van der Waals surface area contributed by atoms with E-state index in [4.69, 9.17) is 4.74 Å². The molecule has 0 radical (unpaired) electrons. The molecule has 4 rings (SSSR count). The minimum atomic E-state index is -0.167. The summed E-state index contributed by atoms with van der Waals surface area (Å²) < 4.78 is 7.24. The van der Waals surface area contributed by atoms with Crippen LogP contribution < -0.4 is 14.9 Å². The van der Waals surface area contributed by atoms with Crippen LogP contribution in [0.2, 0.25) is 0 Å². The van der Waals surface area contributed by atoms with Gasteiger partial charge in [0.05, 0.1) is 24.1 Å². The van der Waals surface area contributed by atoms with Crippen LogP contribution in [0.5, 0.6) is 5.75 Å². The van der Waals surface area contributed by atoms with E-state index in [0.29, 0.717) is 18.0 Å². The highest BCUT2D eigenvalue weighted by atomic mass is 32.1. The third-order valence-electron chi connectivity index (χ3n) is 4.08. The number of nitrogens with zero attached hydrogens (tertiary/aromatic N) is 4. The van der Waals surface area contributed by atoms with E-state index in [-0.39, 0.29) is 12.5 Å². The van der Waals surface area contributed by atoms with Crippen LogP contribution in [0.4, 0.5) is 5.69 Å². The van der Waals surface area contributed by atoms with Crippen LogP contribution in [-0.4, -0.2) is 34.9 Å². The van der Waals surface area contributed by atoms with Crippen molar-refractivity contribution in [2.24, 2.45) is 10.1 Å². The molecule has 3 heterocycles. The van der Waals surface area contributed by atoms with Crippen molar-refractivity contribution < 1.29 is 9.53 Å². The summed E-state index contributed by atoms with van der Waals surface area (Å²) in [5, 5.41) is 9.47. The molecule has 0 spiro atoms. The maximum atomic E-state index is 11.7. The van der Waals surface area contributed by atoms with Gasteiger partial charge in [0.1, 0.15) is 5.75 Å². The molecule has 1 N–H and O–H groups in total. The summed E-state index contributed by atoms with van der Waals surface area (Å²) in [7, 11) is 0. The van der Waals surface area contributed by atoms with Gasteiger partial charge in [0.15, 0.2) is 6.61 Å². The summed E-state index contributed by atoms with van der Waals surface area (Å²) in [5.41, 5.74) is 4.25. The molecular formula is C21H19N5O2S. The number of hydrogen-bond acceptors (Lipinski definition) is 6. The topological polar surface area (TPSA) is 80.9 Å². The van der Waals surface area contributed by atoms with Gasteiger partial charge in [-0.2, -0.15) is 5.10 Å². The van der Waals surface area contributed by atoms with Gasteiger partial charge in [-0.1, -0.05) is 18.2 Å². The minimum absolute atomic E-state index is 0.0319. The monoisotopic (exact) mass is 405 g/mol. The Bertz CT molecular complexity index is 1160. The van der Waals surface area contributed by atoms with Gasteiger partial charge in [-0.3, -0.25) is 14.8 Å². The van der Waals surface area contributed by atoms with Crippen molar-refractivity contribution in [1.29, 1.82) is 0 Å². The van der Waals surface area contributed by atoms with E-state index in [1.54, 1.807) is 23.3 Å². The molecule has 0 atom stereocenters. The average molecular weight is 405 g/mol. The predicted octanol–water partition coefficient (Wildman–Crippen LogP) is 3.30. The standard InChI is InChI=1S/C21H19N5O2S/c1-14(2)9-23-21-26(24-11-15-4-3-7-22-10-15)18(13-29-21)16-5-6-19-17(8-16)25-20(27)12-28-19/h3-8,10-11,13H,1,9,12H2,2H3,(H,25,27). The fourth-order valence-corrected chi connectivity index (χ4v) is 3.58. The second kappa shape index (κ2) is 8.24. The molecule has 146 valence electrons. The Hall–Kier alpha value is -3.52. The van der Waals surface area contributed by atoms with Gasteiger partial charge in [0, 0.05) is 28.9 Å². The average Bonchev–Trinajstić information content (AvgIpc) is 3.13. The Morgan fingerprint density at radius 2 is 2.34 bits per heavy atom. The van der Waals surface area contributed by atoms with Crippen molar-refractivity contribution in [1.82, 2.24) is 9.66 Å². The Labute approximate surface area is 171 Å². The molecule has 1 aromatic carbocycles. The first-order valence-electron chi connectivity index (χ1n) is 8.97. The predicted molar refractivity (Wildman–Crippen MR) is 114 cm³/mol. The highest BCUT2D eigenvalue weighted by Gasteiger charge is 2.17. The number of ether oxygens (including phenoxy) is 1. The molecule has 29 heavy (non-hydrogen) atoms.